The maximum atomic E-state index is 13.2. The number of ether oxygens (including phenoxy) is 2. The van der Waals surface area contributed by atoms with Crippen molar-refractivity contribution in [3.63, 3.8) is 0 Å². The van der Waals surface area contributed by atoms with Gasteiger partial charge in [0.15, 0.2) is 11.5 Å². The molecule has 170 valence electrons. The second-order valence-corrected chi connectivity index (χ2v) is 8.56. The molecule has 3 heterocycles. The van der Waals surface area contributed by atoms with E-state index in [0.717, 1.165) is 22.6 Å². The van der Waals surface area contributed by atoms with E-state index in [9.17, 15) is 9.59 Å². The van der Waals surface area contributed by atoms with Crippen LogP contribution in [0.3, 0.4) is 0 Å². The van der Waals surface area contributed by atoms with Gasteiger partial charge in [-0.3, -0.25) is 9.59 Å². The first kappa shape index (κ1) is 21.4. The maximum Gasteiger partial charge on any atom is 0.274 e. The summed E-state index contributed by atoms with van der Waals surface area (Å²) in [6.07, 6.45) is 2.98. The number of fused-ring (bicyclic) bond motifs is 1. The van der Waals surface area contributed by atoms with Gasteiger partial charge in [-0.05, 0) is 30.5 Å². The van der Waals surface area contributed by atoms with E-state index < -0.39 is 0 Å². The van der Waals surface area contributed by atoms with Crippen molar-refractivity contribution in [3.05, 3.63) is 83.4 Å². The molecule has 2 aliphatic heterocycles. The number of aromatic nitrogens is 2. The van der Waals surface area contributed by atoms with Crippen LogP contribution in [0, 0.1) is 5.92 Å². The zero-order chi connectivity index (χ0) is 22.8. The summed E-state index contributed by atoms with van der Waals surface area (Å²) < 4.78 is 13.3. The van der Waals surface area contributed by atoms with Gasteiger partial charge >= 0.3 is 0 Å². The molecule has 0 spiro atoms. The van der Waals surface area contributed by atoms with E-state index in [1.165, 1.54) is 0 Å². The third-order valence-electron chi connectivity index (χ3n) is 6.63. The Morgan fingerprint density at radius 1 is 1.03 bits per heavy atom. The summed E-state index contributed by atoms with van der Waals surface area (Å²) in [5.41, 5.74) is 3.07. The van der Waals surface area contributed by atoms with Crippen molar-refractivity contribution in [1.29, 1.82) is 0 Å². The van der Waals surface area contributed by atoms with Gasteiger partial charge < -0.3 is 18.9 Å². The lowest BCUT2D eigenvalue weighted by Crippen LogP contribution is -2.41. The van der Waals surface area contributed by atoms with Crippen molar-refractivity contribution >= 4 is 11.7 Å². The normalized spacial score (nSPS) is 18.6. The minimum atomic E-state index is -0.0969. The third-order valence-corrected chi connectivity index (χ3v) is 6.63. The van der Waals surface area contributed by atoms with Crippen molar-refractivity contribution in [2.75, 3.05) is 20.2 Å². The molecule has 0 saturated carbocycles. The highest BCUT2D eigenvalue weighted by molar-refractivity contribution is 5.98. The maximum absolute atomic E-state index is 13.2. The number of nitrogens with zero attached hydrogens (tertiary/aromatic N) is 3. The van der Waals surface area contributed by atoms with E-state index in [1.54, 1.807) is 13.4 Å². The van der Waals surface area contributed by atoms with Gasteiger partial charge in [0.1, 0.15) is 11.9 Å². The second-order valence-electron chi connectivity index (χ2n) is 8.56. The predicted octanol–water partition coefficient (Wildman–Crippen LogP) is 3.90. The van der Waals surface area contributed by atoms with Gasteiger partial charge in [0.2, 0.25) is 0 Å². The highest BCUT2D eigenvalue weighted by Gasteiger charge is 2.32. The molecule has 0 aliphatic carbocycles. The summed E-state index contributed by atoms with van der Waals surface area (Å²) in [6, 6.07) is 17.2. The SMILES string of the molecule is COc1ccc([C@@H]2Cn3cnc(C(=O)N4CCC(C(=O)c5ccccc5)CC4)c3CO2)cc1. The number of methoxy groups -OCH3 is 1. The topological polar surface area (TPSA) is 73.7 Å². The van der Waals surface area contributed by atoms with Gasteiger partial charge in [-0.15, -0.1) is 0 Å². The van der Waals surface area contributed by atoms with Crippen molar-refractivity contribution in [2.24, 2.45) is 5.92 Å². The lowest BCUT2D eigenvalue weighted by molar-refractivity contribution is 0.00226. The van der Waals surface area contributed by atoms with E-state index in [4.69, 9.17) is 9.47 Å². The number of carbonyl (C=O) groups is 2. The van der Waals surface area contributed by atoms with E-state index in [1.807, 2.05) is 64.1 Å². The number of rotatable bonds is 5. The summed E-state index contributed by atoms with van der Waals surface area (Å²) in [6.45, 7) is 2.06. The van der Waals surface area contributed by atoms with Crippen LogP contribution in [0.25, 0.3) is 0 Å². The highest BCUT2D eigenvalue weighted by atomic mass is 16.5. The Balaban J connectivity index is 1.22. The Hall–Kier alpha value is -3.45. The van der Waals surface area contributed by atoms with E-state index in [0.29, 0.717) is 44.8 Å². The molecule has 1 fully saturated rings. The van der Waals surface area contributed by atoms with Crippen LogP contribution in [-0.2, 0) is 17.9 Å². The highest BCUT2D eigenvalue weighted by Crippen LogP contribution is 2.30. The number of imidazole rings is 1. The van der Waals surface area contributed by atoms with Crippen LogP contribution in [0.4, 0.5) is 0 Å². The fourth-order valence-corrected chi connectivity index (χ4v) is 4.66. The van der Waals surface area contributed by atoms with E-state index >= 15 is 0 Å². The van der Waals surface area contributed by atoms with Gasteiger partial charge in [0.25, 0.3) is 5.91 Å². The van der Waals surface area contributed by atoms with Crippen LogP contribution >= 0.6 is 0 Å². The Kier molecular flexibility index (Phi) is 5.96. The number of benzene rings is 2. The van der Waals surface area contributed by atoms with Crippen LogP contribution in [0.1, 0.15) is 51.0 Å². The Morgan fingerprint density at radius 2 is 1.76 bits per heavy atom. The van der Waals surface area contributed by atoms with Crippen molar-refractivity contribution in [1.82, 2.24) is 14.5 Å². The molecule has 0 unspecified atom stereocenters. The molecule has 0 N–H and O–H groups in total. The summed E-state index contributed by atoms with van der Waals surface area (Å²) in [5.74, 6) is 0.849. The Labute approximate surface area is 192 Å². The number of hydrogen-bond donors (Lipinski definition) is 0. The third kappa shape index (κ3) is 4.28. The zero-order valence-electron chi connectivity index (χ0n) is 18.6. The minimum absolute atomic E-state index is 0.0408. The molecule has 0 bridgehead atoms. The molecule has 7 nitrogen and oxygen atoms in total. The van der Waals surface area contributed by atoms with Crippen LogP contribution in [0.5, 0.6) is 5.75 Å². The average molecular weight is 446 g/mol. The fourth-order valence-electron chi connectivity index (χ4n) is 4.66. The van der Waals surface area contributed by atoms with E-state index in [-0.39, 0.29) is 23.7 Å². The summed E-state index contributed by atoms with van der Waals surface area (Å²) in [7, 11) is 1.64. The molecule has 1 saturated heterocycles. The van der Waals surface area contributed by atoms with Crippen molar-refractivity contribution in [2.45, 2.75) is 32.1 Å². The molecule has 1 aromatic heterocycles. The molecular formula is C26H27N3O4. The zero-order valence-corrected chi connectivity index (χ0v) is 18.6. The van der Waals surface area contributed by atoms with Crippen LogP contribution in [0.2, 0.25) is 0 Å². The van der Waals surface area contributed by atoms with Crippen molar-refractivity contribution < 1.29 is 19.1 Å². The van der Waals surface area contributed by atoms with E-state index in [2.05, 4.69) is 4.98 Å². The summed E-state index contributed by atoms with van der Waals surface area (Å²) >= 11 is 0. The molecule has 2 aromatic carbocycles. The predicted molar refractivity (Wildman–Crippen MR) is 122 cm³/mol. The number of likely N-dealkylation sites (tertiary alicyclic amines) is 1. The average Bonchev–Trinajstić information content (AvgIpc) is 3.32. The van der Waals surface area contributed by atoms with Gasteiger partial charge in [-0.2, -0.15) is 0 Å². The largest absolute Gasteiger partial charge is 0.497 e. The van der Waals surface area contributed by atoms with Crippen LogP contribution in [0.15, 0.2) is 60.9 Å². The molecule has 0 radical (unpaired) electrons. The van der Waals surface area contributed by atoms with Crippen LogP contribution in [-0.4, -0.2) is 46.3 Å². The number of amides is 1. The number of carbonyl (C=O) groups excluding carboxylic acids is 2. The standard InChI is InChI=1S/C26H27N3O4/c1-32-21-9-7-18(8-10-21)23-15-29-17-27-24(22(29)16-33-23)26(31)28-13-11-20(12-14-28)25(30)19-5-3-2-4-6-19/h2-10,17,20,23H,11-16H2,1H3/t23-/m0/s1. The van der Waals surface area contributed by atoms with Gasteiger partial charge in [-0.25, -0.2) is 4.98 Å². The number of hydrogen-bond acceptors (Lipinski definition) is 5. The molecule has 7 heteroatoms. The first-order chi connectivity index (χ1) is 16.1. The monoisotopic (exact) mass is 445 g/mol. The van der Waals surface area contributed by atoms with Crippen molar-refractivity contribution in [3.8, 4) is 5.75 Å². The van der Waals surface area contributed by atoms with Crippen LogP contribution < -0.4 is 4.74 Å². The fraction of sp³-hybridized carbons (Fsp3) is 0.346. The molecule has 3 aromatic rings. The Morgan fingerprint density at radius 3 is 2.45 bits per heavy atom. The smallest absolute Gasteiger partial charge is 0.274 e. The molecule has 33 heavy (non-hydrogen) atoms. The molecular weight excluding hydrogens is 418 g/mol. The quantitative estimate of drug-likeness (QED) is 0.557. The molecule has 2 aliphatic rings. The lowest BCUT2D eigenvalue weighted by Gasteiger charge is -2.31. The van der Waals surface area contributed by atoms with Gasteiger partial charge in [0, 0.05) is 24.6 Å². The number of piperidine rings is 1. The first-order valence-electron chi connectivity index (χ1n) is 11.3. The lowest BCUT2D eigenvalue weighted by atomic mass is 9.89. The molecule has 1 atom stereocenters. The summed E-state index contributed by atoms with van der Waals surface area (Å²) in [4.78, 5) is 32.2. The number of ketones is 1. The first-order valence-corrected chi connectivity index (χ1v) is 11.3. The molecule has 1 amide bonds. The number of Topliss-reactive ketones (excluding diaryl/α,β-unsaturated/α-hetero) is 1. The van der Waals surface area contributed by atoms with Gasteiger partial charge in [-0.1, -0.05) is 42.5 Å². The second kappa shape index (κ2) is 9.19. The summed E-state index contributed by atoms with van der Waals surface area (Å²) in [5, 5.41) is 0. The minimum Gasteiger partial charge on any atom is -0.497 e. The Bertz CT molecular complexity index is 1130. The van der Waals surface area contributed by atoms with Gasteiger partial charge in [0.05, 0.1) is 32.3 Å². The molecule has 5 rings (SSSR count).